The van der Waals surface area contributed by atoms with Gasteiger partial charge in [0, 0.05) is 14.0 Å². The van der Waals surface area contributed by atoms with Gasteiger partial charge in [-0.1, -0.05) is 0 Å². The van der Waals surface area contributed by atoms with Gasteiger partial charge < -0.3 is 10.0 Å². The molecule has 0 heterocycles. The van der Waals surface area contributed by atoms with E-state index in [4.69, 9.17) is 16.7 Å². The zero-order valence-corrected chi connectivity index (χ0v) is 7.13. The fourth-order valence-electron chi connectivity index (χ4n) is 0.555. The molecule has 4 nitrogen and oxygen atoms in total. The smallest absolute Gasteiger partial charge is 0.327 e. The van der Waals surface area contributed by atoms with E-state index in [9.17, 15) is 9.59 Å². The molecule has 1 amide bonds. The second kappa shape index (κ2) is 4.18. The predicted octanol–water partition coefficient (Wildman–Crippen LogP) is 0.157. The van der Waals surface area contributed by atoms with Crippen LogP contribution in [0.2, 0.25) is 0 Å². The summed E-state index contributed by atoms with van der Waals surface area (Å²) in [5, 5.41) is 8.51. The van der Waals surface area contributed by atoms with Gasteiger partial charge >= 0.3 is 5.97 Å². The lowest BCUT2D eigenvalue weighted by Crippen LogP contribution is -2.42. The first-order chi connectivity index (χ1) is 5.00. The number of halogens is 1. The van der Waals surface area contributed by atoms with E-state index >= 15 is 0 Å². The molecule has 11 heavy (non-hydrogen) atoms. The first kappa shape index (κ1) is 10.2. The minimum absolute atomic E-state index is 0.0919. The van der Waals surface area contributed by atoms with Crippen molar-refractivity contribution in [3.63, 3.8) is 0 Å². The van der Waals surface area contributed by atoms with E-state index in [2.05, 4.69) is 0 Å². The molecule has 0 aromatic carbocycles. The van der Waals surface area contributed by atoms with E-state index in [0.29, 0.717) is 0 Å². The Hall–Kier alpha value is -0.770. The van der Waals surface area contributed by atoms with Crippen molar-refractivity contribution in [1.29, 1.82) is 0 Å². The summed E-state index contributed by atoms with van der Waals surface area (Å²) in [6.45, 7) is 1.29. The minimum Gasteiger partial charge on any atom is -0.480 e. The molecule has 5 heteroatoms. The lowest BCUT2D eigenvalue weighted by molar-refractivity contribution is -0.147. The summed E-state index contributed by atoms with van der Waals surface area (Å²) in [6.07, 6.45) is 0. The van der Waals surface area contributed by atoms with Crippen molar-refractivity contribution in [2.75, 3.05) is 12.9 Å². The lowest BCUT2D eigenvalue weighted by atomic mass is 10.3. The standard InChI is InChI=1S/C6H10ClNO3/c1-4(9)8(2)5(3-7)6(10)11/h5H,3H2,1-2H3,(H,10,11)/t5-/m0/s1. The number of hydrogen-bond donors (Lipinski definition) is 1. The van der Waals surface area contributed by atoms with Crippen LogP contribution in [0, 0.1) is 0 Å². The minimum atomic E-state index is -1.09. The number of aliphatic carboxylic acids is 1. The number of carboxylic acids is 1. The van der Waals surface area contributed by atoms with Crippen LogP contribution >= 0.6 is 11.6 Å². The van der Waals surface area contributed by atoms with Crippen LogP contribution in [-0.4, -0.2) is 40.9 Å². The predicted molar refractivity (Wildman–Crippen MR) is 40.6 cm³/mol. The molecule has 0 saturated heterocycles. The van der Waals surface area contributed by atoms with Gasteiger partial charge in [-0.15, -0.1) is 11.6 Å². The SMILES string of the molecule is CC(=O)N(C)[C@@H](CCl)C(=O)O. The van der Waals surface area contributed by atoms with Gasteiger partial charge in [-0.25, -0.2) is 4.79 Å². The lowest BCUT2D eigenvalue weighted by Gasteiger charge is -2.20. The fourth-order valence-corrected chi connectivity index (χ4v) is 0.894. The quantitative estimate of drug-likeness (QED) is 0.628. The molecule has 1 atom stereocenters. The molecule has 0 bridgehead atoms. The highest BCUT2D eigenvalue weighted by Crippen LogP contribution is 1.99. The van der Waals surface area contributed by atoms with Crippen LogP contribution in [0.25, 0.3) is 0 Å². The Morgan fingerprint density at radius 2 is 2.09 bits per heavy atom. The molecule has 0 saturated carbocycles. The van der Waals surface area contributed by atoms with Gasteiger partial charge in [-0.05, 0) is 0 Å². The van der Waals surface area contributed by atoms with E-state index in [1.165, 1.54) is 14.0 Å². The highest BCUT2D eigenvalue weighted by molar-refractivity contribution is 6.19. The monoisotopic (exact) mass is 179 g/mol. The van der Waals surface area contributed by atoms with E-state index in [1.807, 2.05) is 0 Å². The summed E-state index contributed by atoms with van der Waals surface area (Å²) in [7, 11) is 1.41. The Kier molecular flexibility index (Phi) is 3.89. The van der Waals surface area contributed by atoms with Gasteiger partial charge in [-0.3, -0.25) is 4.79 Å². The molecular formula is C6H10ClNO3. The largest absolute Gasteiger partial charge is 0.480 e. The van der Waals surface area contributed by atoms with E-state index in [-0.39, 0.29) is 11.8 Å². The Labute approximate surface area is 69.7 Å². The van der Waals surface area contributed by atoms with Crippen molar-refractivity contribution in [1.82, 2.24) is 4.90 Å². The Morgan fingerprint density at radius 3 is 2.18 bits per heavy atom. The second-order valence-electron chi connectivity index (χ2n) is 2.14. The number of rotatable bonds is 3. The van der Waals surface area contributed by atoms with Gasteiger partial charge in [-0.2, -0.15) is 0 Å². The van der Waals surface area contributed by atoms with Crippen LogP contribution < -0.4 is 0 Å². The zero-order valence-electron chi connectivity index (χ0n) is 6.37. The maximum absolute atomic E-state index is 10.7. The van der Waals surface area contributed by atoms with Crippen LogP contribution in [0.5, 0.6) is 0 Å². The van der Waals surface area contributed by atoms with Crippen molar-refractivity contribution in [2.45, 2.75) is 13.0 Å². The summed E-state index contributed by atoms with van der Waals surface area (Å²) >= 11 is 5.33. The fraction of sp³-hybridized carbons (Fsp3) is 0.667. The van der Waals surface area contributed by atoms with Crippen molar-refractivity contribution in [3.05, 3.63) is 0 Å². The van der Waals surface area contributed by atoms with Crippen molar-refractivity contribution in [3.8, 4) is 0 Å². The first-order valence-corrected chi connectivity index (χ1v) is 3.56. The molecule has 0 aromatic rings. The number of carbonyl (C=O) groups is 2. The van der Waals surface area contributed by atoms with Gasteiger partial charge in [0.2, 0.25) is 5.91 Å². The molecule has 0 spiro atoms. The molecule has 0 rings (SSSR count). The van der Waals surface area contributed by atoms with Crippen LogP contribution in [0.4, 0.5) is 0 Å². The molecule has 0 aliphatic carbocycles. The highest BCUT2D eigenvalue weighted by atomic mass is 35.5. The summed E-state index contributed by atoms with van der Waals surface area (Å²) in [5.41, 5.74) is 0. The molecule has 0 aliphatic heterocycles. The number of likely N-dealkylation sites (N-methyl/N-ethyl adjacent to an activating group) is 1. The van der Waals surface area contributed by atoms with Gasteiger partial charge in [0.25, 0.3) is 0 Å². The highest BCUT2D eigenvalue weighted by Gasteiger charge is 2.22. The number of amides is 1. The van der Waals surface area contributed by atoms with Crippen LogP contribution in [0.15, 0.2) is 0 Å². The molecular weight excluding hydrogens is 170 g/mol. The van der Waals surface area contributed by atoms with Crippen LogP contribution in [0.1, 0.15) is 6.92 Å². The van der Waals surface area contributed by atoms with E-state index in [1.54, 1.807) is 0 Å². The summed E-state index contributed by atoms with van der Waals surface area (Å²) in [6, 6.07) is -0.922. The van der Waals surface area contributed by atoms with Crippen molar-refractivity contribution < 1.29 is 14.7 Å². The summed E-state index contributed by atoms with van der Waals surface area (Å²) in [4.78, 5) is 22.1. The number of nitrogens with zero attached hydrogens (tertiary/aromatic N) is 1. The van der Waals surface area contributed by atoms with E-state index < -0.39 is 12.0 Å². The first-order valence-electron chi connectivity index (χ1n) is 3.03. The number of carboxylic acid groups (broad SMARTS) is 1. The second-order valence-corrected chi connectivity index (χ2v) is 2.45. The third kappa shape index (κ3) is 2.76. The van der Waals surface area contributed by atoms with Gasteiger partial charge in [0.1, 0.15) is 6.04 Å². The normalized spacial score (nSPS) is 12.3. The van der Waals surface area contributed by atoms with Crippen molar-refractivity contribution in [2.24, 2.45) is 0 Å². The Balaban J connectivity index is 4.25. The molecule has 0 radical (unpaired) electrons. The maximum atomic E-state index is 10.7. The van der Waals surface area contributed by atoms with E-state index in [0.717, 1.165) is 4.90 Å². The summed E-state index contributed by atoms with van der Waals surface area (Å²) in [5.74, 6) is -1.48. The van der Waals surface area contributed by atoms with Gasteiger partial charge in [0.15, 0.2) is 0 Å². The van der Waals surface area contributed by atoms with Crippen LogP contribution in [-0.2, 0) is 9.59 Å². The summed E-state index contributed by atoms with van der Waals surface area (Å²) < 4.78 is 0. The molecule has 1 N–H and O–H groups in total. The average Bonchev–Trinajstić information content (AvgIpc) is 1.88. The third-order valence-corrected chi connectivity index (χ3v) is 1.69. The molecule has 0 aliphatic rings. The maximum Gasteiger partial charge on any atom is 0.327 e. The average molecular weight is 180 g/mol. The number of hydrogen-bond acceptors (Lipinski definition) is 2. The topological polar surface area (TPSA) is 57.6 Å². The number of alkyl halides is 1. The molecule has 64 valence electrons. The molecule has 0 fully saturated rings. The van der Waals surface area contributed by atoms with Crippen LogP contribution in [0.3, 0.4) is 0 Å². The molecule has 0 unspecified atom stereocenters. The Morgan fingerprint density at radius 1 is 1.64 bits per heavy atom. The van der Waals surface area contributed by atoms with Gasteiger partial charge in [0.05, 0.1) is 5.88 Å². The Bertz CT molecular complexity index is 171. The zero-order chi connectivity index (χ0) is 9.02. The number of carbonyl (C=O) groups excluding carboxylic acids is 1. The van der Waals surface area contributed by atoms with Crippen molar-refractivity contribution >= 4 is 23.5 Å². The third-order valence-electron chi connectivity index (χ3n) is 1.40. The molecule has 0 aromatic heterocycles.